The minimum Gasteiger partial charge on any atom is -0.295 e. The van der Waals surface area contributed by atoms with E-state index in [1.165, 1.54) is 18.7 Å². The van der Waals surface area contributed by atoms with Gasteiger partial charge in [-0.3, -0.25) is 9.36 Å². The summed E-state index contributed by atoms with van der Waals surface area (Å²) in [6, 6.07) is 5.71. The van der Waals surface area contributed by atoms with Crippen LogP contribution < -0.4 is 5.69 Å². The van der Waals surface area contributed by atoms with Gasteiger partial charge < -0.3 is 0 Å². The lowest BCUT2D eigenvalue weighted by Crippen LogP contribution is -2.16. The SMILES string of the molecule is CC(=O)c1ccc(Sc2n[nH]c(=O)n2C2CC2)c(Br)c1. The van der Waals surface area contributed by atoms with Crippen molar-refractivity contribution >= 4 is 33.5 Å². The Morgan fingerprint density at radius 2 is 2.25 bits per heavy atom. The van der Waals surface area contributed by atoms with E-state index in [1.807, 2.05) is 6.07 Å². The van der Waals surface area contributed by atoms with Gasteiger partial charge >= 0.3 is 5.69 Å². The Hall–Kier alpha value is -1.34. The van der Waals surface area contributed by atoms with E-state index in [2.05, 4.69) is 26.1 Å². The molecule has 1 aromatic heterocycles. The number of Topliss-reactive ketones (excluding diaryl/α,β-unsaturated/α-hetero) is 1. The van der Waals surface area contributed by atoms with Gasteiger partial charge in [-0.15, -0.1) is 5.10 Å². The topological polar surface area (TPSA) is 67.8 Å². The largest absolute Gasteiger partial charge is 0.344 e. The fourth-order valence-corrected chi connectivity index (χ4v) is 3.45. The van der Waals surface area contributed by atoms with Gasteiger partial charge in [0.05, 0.1) is 0 Å². The van der Waals surface area contributed by atoms with Crippen LogP contribution in [-0.4, -0.2) is 20.5 Å². The van der Waals surface area contributed by atoms with Gasteiger partial charge in [-0.05, 0) is 59.6 Å². The van der Waals surface area contributed by atoms with Crippen LogP contribution in [0.2, 0.25) is 0 Å². The molecule has 0 spiro atoms. The average Bonchev–Trinajstić information content (AvgIpc) is 3.17. The molecule has 0 radical (unpaired) electrons. The van der Waals surface area contributed by atoms with Crippen LogP contribution in [0.1, 0.15) is 36.2 Å². The highest BCUT2D eigenvalue weighted by atomic mass is 79.9. The van der Waals surface area contributed by atoms with E-state index in [0.717, 1.165) is 22.2 Å². The van der Waals surface area contributed by atoms with E-state index >= 15 is 0 Å². The maximum Gasteiger partial charge on any atom is 0.344 e. The van der Waals surface area contributed by atoms with Gasteiger partial charge in [0.15, 0.2) is 10.9 Å². The number of ketones is 1. The smallest absolute Gasteiger partial charge is 0.295 e. The number of nitrogens with zero attached hydrogens (tertiary/aromatic N) is 2. The van der Waals surface area contributed by atoms with Crippen molar-refractivity contribution in [3.8, 4) is 0 Å². The summed E-state index contributed by atoms with van der Waals surface area (Å²) < 4.78 is 2.53. The second-order valence-electron chi connectivity index (χ2n) is 4.72. The van der Waals surface area contributed by atoms with Crippen molar-refractivity contribution in [2.24, 2.45) is 0 Å². The molecule has 1 heterocycles. The Morgan fingerprint density at radius 1 is 1.50 bits per heavy atom. The molecule has 3 rings (SSSR count). The molecule has 20 heavy (non-hydrogen) atoms. The maximum atomic E-state index is 11.7. The van der Waals surface area contributed by atoms with Gasteiger partial charge in [0.1, 0.15) is 0 Å². The highest BCUT2D eigenvalue weighted by Crippen LogP contribution is 2.39. The molecule has 2 aromatic rings. The van der Waals surface area contributed by atoms with Crippen molar-refractivity contribution in [3.05, 3.63) is 38.7 Å². The molecule has 1 saturated carbocycles. The van der Waals surface area contributed by atoms with Crippen LogP contribution in [0.3, 0.4) is 0 Å². The highest BCUT2D eigenvalue weighted by molar-refractivity contribution is 9.10. The molecule has 0 aliphatic heterocycles. The Bertz CT molecular complexity index is 733. The quantitative estimate of drug-likeness (QED) is 0.857. The Kier molecular flexibility index (Phi) is 3.55. The van der Waals surface area contributed by atoms with E-state index < -0.39 is 0 Å². The molecule has 104 valence electrons. The fraction of sp³-hybridized carbons (Fsp3) is 0.308. The Balaban J connectivity index is 1.92. The zero-order valence-corrected chi connectivity index (χ0v) is 13.1. The van der Waals surface area contributed by atoms with Gasteiger partial charge in [0.25, 0.3) is 0 Å². The summed E-state index contributed by atoms with van der Waals surface area (Å²) in [5.41, 5.74) is 0.495. The molecule has 5 nitrogen and oxygen atoms in total. The summed E-state index contributed by atoms with van der Waals surface area (Å²) in [6.45, 7) is 1.53. The average molecular weight is 354 g/mol. The zero-order chi connectivity index (χ0) is 14.3. The maximum absolute atomic E-state index is 11.7. The number of halogens is 1. The number of nitrogens with one attached hydrogen (secondary N) is 1. The fourth-order valence-electron chi connectivity index (χ4n) is 1.92. The third-order valence-corrected chi connectivity index (χ3v) is 5.09. The molecule has 0 bridgehead atoms. The van der Waals surface area contributed by atoms with Crippen LogP contribution in [0.5, 0.6) is 0 Å². The third kappa shape index (κ3) is 2.60. The van der Waals surface area contributed by atoms with Gasteiger partial charge in [0, 0.05) is 21.0 Å². The van der Waals surface area contributed by atoms with Crippen LogP contribution in [0, 0.1) is 0 Å². The second-order valence-corrected chi connectivity index (χ2v) is 6.58. The molecule has 1 aromatic carbocycles. The summed E-state index contributed by atoms with van der Waals surface area (Å²) in [7, 11) is 0. The number of hydrogen-bond donors (Lipinski definition) is 1. The predicted molar refractivity (Wildman–Crippen MR) is 79.4 cm³/mol. The molecule has 1 aliphatic carbocycles. The van der Waals surface area contributed by atoms with Crippen molar-refractivity contribution in [2.45, 2.75) is 35.9 Å². The van der Waals surface area contributed by atoms with Gasteiger partial charge in [0.2, 0.25) is 0 Å². The summed E-state index contributed by atoms with van der Waals surface area (Å²) in [6.07, 6.45) is 2.05. The summed E-state index contributed by atoms with van der Waals surface area (Å²) in [5, 5.41) is 7.23. The number of aromatic nitrogens is 3. The second kappa shape index (κ2) is 5.21. The number of benzene rings is 1. The van der Waals surface area contributed by atoms with E-state index in [9.17, 15) is 9.59 Å². The monoisotopic (exact) mass is 353 g/mol. The number of H-pyrrole nitrogens is 1. The first kappa shape index (κ1) is 13.6. The molecule has 0 atom stereocenters. The Labute approximate surface area is 127 Å². The van der Waals surface area contributed by atoms with Crippen LogP contribution >= 0.6 is 27.7 Å². The molecular weight excluding hydrogens is 342 g/mol. The zero-order valence-electron chi connectivity index (χ0n) is 10.7. The summed E-state index contributed by atoms with van der Waals surface area (Å²) in [4.78, 5) is 24.0. The van der Waals surface area contributed by atoms with Crippen molar-refractivity contribution in [1.82, 2.24) is 14.8 Å². The summed E-state index contributed by atoms with van der Waals surface area (Å²) in [5.74, 6) is 0.0249. The van der Waals surface area contributed by atoms with E-state index in [-0.39, 0.29) is 17.5 Å². The normalized spacial score (nSPS) is 14.5. The number of rotatable bonds is 4. The number of carbonyl (C=O) groups is 1. The van der Waals surface area contributed by atoms with Crippen molar-refractivity contribution in [1.29, 1.82) is 0 Å². The molecule has 0 unspecified atom stereocenters. The first-order chi connectivity index (χ1) is 9.56. The predicted octanol–water partition coefficient (Wildman–Crippen LogP) is 3.02. The van der Waals surface area contributed by atoms with Crippen molar-refractivity contribution in [3.63, 3.8) is 0 Å². The molecule has 1 fully saturated rings. The molecule has 1 aliphatic rings. The van der Waals surface area contributed by atoms with Crippen LogP contribution in [0.25, 0.3) is 0 Å². The lowest BCUT2D eigenvalue weighted by atomic mass is 10.2. The summed E-state index contributed by atoms with van der Waals surface area (Å²) >= 11 is 4.87. The Morgan fingerprint density at radius 3 is 2.85 bits per heavy atom. The van der Waals surface area contributed by atoms with Gasteiger partial charge in [-0.2, -0.15) is 0 Å². The lowest BCUT2D eigenvalue weighted by molar-refractivity contribution is 0.101. The molecule has 7 heteroatoms. The third-order valence-electron chi connectivity index (χ3n) is 3.12. The standard InChI is InChI=1S/C13H12BrN3O2S/c1-7(18)8-2-5-11(10(14)6-8)20-13-16-15-12(19)17(13)9-3-4-9/h2,5-6,9H,3-4H2,1H3,(H,15,19). The van der Waals surface area contributed by atoms with E-state index in [0.29, 0.717) is 10.7 Å². The first-order valence-electron chi connectivity index (χ1n) is 6.21. The van der Waals surface area contributed by atoms with Gasteiger partial charge in [-0.1, -0.05) is 6.07 Å². The lowest BCUT2D eigenvalue weighted by Gasteiger charge is -2.06. The van der Waals surface area contributed by atoms with Crippen molar-refractivity contribution < 1.29 is 4.79 Å². The first-order valence-corrected chi connectivity index (χ1v) is 7.82. The number of hydrogen-bond acceptors (Lipinski definition) is 4. The minimum absolute atomic E-state index is 0.0249. The van der Waals surface area contributed by atoms with Crippen LogP contribution in [0.4, 0.5) is 0 Å². The van der Waals surface area contributed by atoms with Gasteiger partial charge in [-0.25, -0.2) is 9.89 Å². The van der Waals surface area contributed by atoms with Crippen LogP contribution in [0.15, 0.2) is 37.5 Å². The number of aromatic amines is 1. The molecule has 1 N–H and O–H groups in total. The minimum atomic E-state index is -0.161. The molecule has 0 saturated heterocycles. The number of carbonyl (C=O) groups excluding carboxylic acids is 1. The molecule has 0 amide bonds. The highest BCUT2D eigenvalue weighted by Gasteiger charge is 2.28. The van der Waals surface area contributed by atoms with E-state index in [4.69, 9.17) is 0 Å². The molecular formula is C13H12BrN3O2S. The van der Waals surface area contributed by atoms with E-state index in [1.54, 1.807) is 16.7 Å². The van der Waals surface area contributed by atoms with Crippen molar-refractivity contribution in [2.75, 3.05) is 0 Å². The van der Waals surface area contributed by atoms with Crippen LogP contribution in [-0.2, 0) is 0 Å².